The number of aromatic nitrogens is 1. The van der Waals surface area contributed by atoms with E-state index in [0.717, 1.165) is 23.4 Å². The number of rotatable bonds is 5. The van der Waals surface area contributed by atoms with Crippen LogP contribution in [-0.4, -0.2) is 35.0 Å². The van der Waals surface area contributed by atoms with E-state index in [0.29, 0.717) is 36.8 Å². The number of carbonyl (C=O) groups excluding carboxylic acids is 2. The van der Waals surface area contributed by atoms with E-state index in [1.165, 1.54) is 11.3 Å². The van der Waals surface area contributed by atoms with Gasteiger partial charge in [0, 0.05) is 23.4 Å². The van der Waals surface area contributed by atoms with Crippen molar-refractivity contribution in [3.8, 4) is 0 Å². The van der Waals surface area contributed by atoms with E-state index in [9.17, 15) is 9.59 Å². The first kappa shape index (κ1) is 17.4. The van der Waals surface area contributed by atoms with E-state index in [4.69, 9.17) is 4.74 Å². The van der Waals surface area contributed by atoms with Crippen LogP contribution in [0.3, 0.4) is 0 Å². The molecule has 0 aliphatic carbocycles. The van der Waals surface area contributed by atoms with Crippen molar-refractivity contribution in [1.29, 1.82) is 0 Å². The minimum Gasteiger partial charge on any atom is -0.449 e. The van der Waals surface area contributed by atoms with Crippen molar-refractivity contribution in [3.63, 3.8) is 0 Å². The number of nitrogens with zero attached hydrogens (tertiary/aromatic N) is 2. The second-order valence-corrected chi connectivity index (χ2v) is 6.93. The normalized spacial score (nSPS) is 13.2. The maximum Gasteiger partial charge on any atom is 0.413 e. The van der Waals surface area contributed by atoms with E-state index in [1.807, 2.05) is 42.2 Å². The highest BCUT2D eigenvalue weighted by Crippen LogP contribution is 2.29. The number of nitrogens with one attached hydrogen (secondary N) is 1. The van der Waals surface area contributed by atoms with Gasteiger partial charge in [0.2, 0.25) is 0 Å². The van der Waals surface area contributed by atoms with Gasteiger partial charge in [0.15, 0.2) is 5.13 Å². The first-order chi connectivity index (χ1) is 12.2. The van der Waals surface area contributed by atoms with Crippen molar-refractivity contribution in [2.45, 2.75) is 32.7 Å². The Kier molecular flexibility index (Phi) is 5.65. The van der Waals surface area contributed by atoms with Crippen molar-refractivity contribution < 1.29 is 14.3 Å². The predicted octanol–water partition coefficient (Wildman–Crippen LogP) is 3.69. The summed E-state index contributed by atoms with van der Waals surface area (Å²) >= 11 is 1.40. The van der Waals surface area contributed by atoms with Crippen molar-refractivity contribution in [2.75, 3.05) is 18.5 Å². The number of amides is 2. The van der Waals surface area contributed by atoms with Gasteiger partial charge in [-0.15, -0.1) is 0 Å². The van der Waals surface area contributed by atoms with Gasteiger partial charge in [0.05, 0.1) is 18.8 Å². The minimum absolute atomic E-state index is 0.0214. The number of anilines is 1. The lowest BCUT2D eigenvalue weighted by atomic mass is 10.1. The summed E-state index contributed by atoms with van der Waals surface area (Å²) in [6.07, 6.45) is 2.04. The molecule has 2 aromatic rings. The smallest absolute Gasteiger partial charge is 0.413 e. The third-order valence-corrected chi connectivity index (χ3v) is 4.98. The fraction of sp³-hybridized carbons (Fsp3) is 0.389. The molecule has 7 heteroatoms. The molecule has 1 aromatic carbocycles. The van der Waals surface area contributed by atoms with Gasteiger partial charge in [-0.1, -0.05) is 42.9 Å². The van der Waals surface area contributed by atoms with Crippen LogP contribution < -0.4 is 5.32 Å². The average Bonchev–Trinajstić information content (AvgIpc) is 3.03. The molecule has 132 valence electrons. The highest BCUT2D eigenvalue weighted by atomic mass is 32.1. The molecule has 2 heterocycles. The van der Waals surface area contributed by atoms with Gasteiger partial charge in [0.25, 0.3) is 5.91 Å². The zero-order valence-electron chi connectivity index (χ0n) is 14.2. The Labute approximate surface area is 150 Å². The molecule has 0 spiro atoms. The summed E-state index contributed by atoms with van der Waals surface area (Å²) < 4.78 is 5.09. The van der Waals surface area contributed by atoms with Crippen LogP contribution in [0.2, 0.25) is 0 Å². The Morgan fingerprint density at radius 2 is 2.12 bits per heavy atom. The molecule has 0 atom stereocenters. The van der Waals surface area contributed by atoms with Crippen molar-refractivity contribution in [1.82, 2.24) is 9.88 Å². The molecule has 0 saturated carbocycles. The molecular weight excluding hydrogens is 338 g/mol. The maximum absolute atomic E-state index is 12.6. The number of fused-ring (bicyclic) bond motifs is 1. The Morgan fingerprint density at radius 1 is 1.32 bits per heavy atom. The highest BCUT2D eigenvalue weighted by molar-refractivity contribution is 7.15. The molecular formula is C18H21N3O3S. The van der Waals surface area contributed by atoms with Gasteiger partial charge >= 0.3 is 6.09 Å². The first-order valence-electron chi connectivity index (χ1n) is 8.44. The average molecular weight is 359 g/mol. The van der Waals surface area contributed by atoms with E-state index in [-0.39, 0.29) is 5.91 Å². The van der Waals surface area contributed by atoms with Crippen molar-refractivity contribution >= 4 is 28.5 Å². The highest BCUT2D eigenvalue weighted by Gasteiger charge is 2.25. The summed E-state index contributed by atoms with van der Waals surface area (Å²) in [6.45, 7) is 3.60. The summed E-state index contributed by atoms with van der Waals surface area (Å²) in [5.74, 6) is 0.0214. The number of carbonyl (C=O) groups is 2. The summed E-state index contributed by atoms with van der Waals surface area (Å²) in [5.41, 5.74) is 1.64. The number of unbranched alkanes of at least 4 members (excludes halogenated alkanes) is 1. The van der Waals surface area contributed by atoms with Crippen LogP contribution in [0.1, 0.15) is 40.7 Å². The Hall–Kier alpha value is -2.41. The van der Waals surface area contributed by atoms with Gasteiger partial charge in [0.1, 0.15) is 0 Å². The lowest BCUT2D eigenvalue weighted by Gasteiger charge is -2.26. The number of hydrogen-bond acceptors (Lipinski definition) is 5. The molecule has 0 fully saturated rings. The molecule has 25 heavy (non-hydrogen) atoms. The van der Waals surface area contributed by atoms with E-state index in [1.54, 1.807) is 0 Å². The van der Waals surface area contributed by atoms with E-state index >= 15 is 0 Å². The van der Waals surface area contributed by atoms with Gasteiger partial charge in [-0.3, -0.25) is 10.1 Å². The standard InChI is InChI=1S/C18H21N3O3S/c1-2-3-11-24-18(23)20-17-19-14-9-10-21(12-15(14)25-17)16(22)13-7-5-4-6-8-13/h4-8H,2-3,9-12H2,1H3,(H,19,20,23). The molecule has 0 saturated heterocycles. The third-order valence-electron chi connectivity index (χ3n) is 3.98. The fourth-order valence-electron chi connectivity index (χ4n) is 2.62. The number of ether oxygens (including phenoxy) is 1. The molecule has 1 aliphatic rings. The second kappa shape index (κ2) is 8.11. The lowest BCUT2D eigenvalue weighted by molar-refractivity contribution is 0.0736. The largest absolute Gasteiger partial charge is 0.449 e. The van der Waals surface area contributed by atoms with Crippen LogP contribution in [0.4, 0.5) is 9.93 Å². The molecule has 0 unspecified atom stereocenters. The summed E-state index contributed by atoms with van der Waals surface area (Å²) in [6, 6.07) is 9.27. The van der Waals surface area contributed by atoms with Gasteiger partial charge in [-0.2, -0.15) is 0 Å². The first-order valence-corrected chi connectivity index (χ1v) is 9.25. The summed E-state index contributed by atoms with van der Waals surface area (Å²) in [7, 11) is 0. The van der Waals surface area contributed by atoms with Gasteiger partial charge in [-0.25, -0.2) is 9.78 Å². The van der Waals surface area contributed by atoms with Gasteiger partial charge < -0.3 is 9.64 Å². The Morgan fingerprint density at radius 3 is 2.88 bits per heavy atom. The Balaban J connectivity index is 1.61. The topological polar surface area (TPSA) is 71.5 Å². The second-order valence-electron chi connectivity index (χ2n) is 5.85. The molecule has 1 aliphatic heterocycles. The van der Waals surface area contributed by atoms with Crippen LogP contribution in [0.15, 0.2) is 30.3 Å². The van der Waals surface area contributed by atoms with Crippen LogP contribution in [0.25, 0.3) is 0 Å². The molecule has 6 nitrogen and oxygen atoms in total. The molecule has 1 N–H and O–H groups in total. The Bertz CT molecular complexity index is 745. The van der Waals surface area contributed by atoms with E-state index < -0.39 is 6.09 Å². The molecule has 0 radical (unpaired) electrons. The quantitative estimate of drug-likeness (QED) is 0.827. The number of hydrogen-bond donors (Lipinski definition) is 1. The lowest BCUT2D eigenvalue weighted by Crippen LogP contribution is -2.35. The SMILES string of the molecule is CCCCOC(=O)Nc1nc2c(s1)CN(C(=O)c1ccccc1)CC2. The number of thiazole rings is 1. The molecule has 0 bridgehead atoms. The zero-order chi connectivity index (χ0) is 17.6. The molecule has 3 rings (SSSR count). The van der Waals surface area contributed by atoms with Crippen LogP contribution >= 0.6 is 11.3 Å². The zero-order valence-corrected chi connectivity index (χ0v) is 15.0. The molecule has 1 aromatic heterocycles. The van der Waals surface area contributed by atoms with Crippen LogP contribution in [-0.2, 0) is 17.7 Å². The van der Waals surface area contributed by atoms with Crippen molar-refractivity contribution in [3.05, 3.63) is 46.5 Å². The maximum atomic E-state index is 12.6. The number of benzene rings is 1. The monoisotopic (exact) mass is 359 g/mol. The fourth-order valence-corrected chi connectivity index (χ4v) is 3.63. The summed E-state index contributed by atoms with van der Waals surface area (Å²) in [4.78, 5) is 31.6. The van der Waals surface area contributed by atoms with Crippen LogP contribution in [0, 0.1) is 0 Å². The summed E-state index contributed by atoms with van der Waals surface area (Å²) in [5, 5.41) is 3.20. The third kappa shape index (κ3) is 4.36. The molecule has 2 amide bonds. The minimum atomic E-state index is -0.475. The van der Waals surface area contributed by atoms with Gasteiger partial charge in [-0.05, 0) is 18.6 Å². The predicted molar refractivity (Wildman–Crippen MR) is 96.9 cm³/mol. The van der Waals surface area contributed by atoms with E-state index in [2.05, 4.69) is 10.3 Å². The van der Waals surface area contributed by atoms with Crippen molar-refractivity contribution in [2.24, 2.45) is 0 Å². The van der Waals surface area contributed by atoms with Crippen LogP contribution in [0.5, 0.6) is 0 Å².